The Hall–Kier alpha value is -2.88. The third-order valence-electron chi connectivity index (χ3n) is 3.86. The minimum absolute atomic E-state index is 0.0550. The summed E-state index contributed by atoms with van der Waals surface area (Å²) in [5, 5.41) is 3.03. The van der Waals surface area contributed by atoms with Crippen molar-refractivity contribution in [1.29, 1.82) is 0 Å². The maximum absolute atomic E-state index is 12.3. The average molecular weight is 305 g/mol. The van der Waals surface area contributed by atoms with Gasteiger partial charge in [0.05, 0.1) is 12.4 Å². The van der Waals surface area contributed by atoms with Crippen molar-refractivity contribution in [2.24, 2.45) is 0 Å². The summed E-state index contributed by atoms with van der Waals surface area (Å²) in [5.74, 6) is -0.0591. The molecule has 1 heterocycles. The summed E-state index contributed by atoms with van der Waals surface area (Å²) < 4.78 is 1.94. The lowest BCUT2D eigenvalue weighted by atomic mass is 10.1. The van der Waals surface area contributed by atoms with Crippen molar-refractivity contribution in [3.8, 4) is 5.69 Å². The van der Waals surface area contributed by atoms with Crippen LogP contribution in [0.1, 0.15) is 34.5 Å². The van der Waals surface area contributed by atoms with Crippen LogP contribution in [0.25, 0.3) is 5.69 Å². The molecule has 0 aliphatic carbocycles. The first-order chi connectivity index (χ1) is 11.1. The van der Waals surface area contributed by atoms with Gasteiger partial charge in [0.2, 0.25) is 0 Å². The summed E-state index contributed by atoms with van der Waals surface area (Å²) in [6.07, 6.45) is 5.41. The Labute approximate surface area is 135 Å². The standard InChI is InChI=1S/C19H19N3O/c1-14-3-5-17(6-4-14)19(23)21-15(2)16-7-9-18(10-8-16)22-12-11-20-13-22/h3-13,15H,1-2H3,(H,21,23)/t15-/m1/s1. The number of benzene rings is 2. The van der Waals surface area contributed by atoms with Crippen LogP contribution in [-0.2, 0) is 0 Å². The molecule has 0 radical (unpaired) electrons. The van der Waals surface area contributed by atoms with Crippen LogP contribution in [0.5, 0.6) is 0 Å². The molecule has 0 unspecified atom stereocenters. The number of aromatic nitrogens is 2. The van der Waals surface area contributed by atoms with E-state index in [4.69, 9.17) is 0 Å². The van der Waals surface area contributed by atoms with Gasteiger partial charge < -0.3 is 9.88 Å². The van der Waals surface area contributed by atoms with Gasteiger partial charge in [0, 0.05) is 23.6 Å². The second-order valence-corrected chi connectivity index (χ2v) is 5.62. The van der Waals surface area contributed by atoms with Gasteiger partial charge in [-0.25, -0.2) is 4.98 Å². The zero-order valence-electron chi connectivity index (χ0n) is 13.2. The fraction of sp³-hybridized carbons (Fsp3) is 0.158. The molecular formula is C19H19N3O. The summed E-state index contributed by atoms with van der Waals surface area (Å²) in [6.45, 7) is 3.99. The largest absolute Gasteiger partial charge is 0.346 e. The van der Waals surface area contributed by atoms with E-state index in [1.807, 2.05) is 73.1 Å². The molecule has 0 bridgehead atoms. The van der Waals surface area contributed by atoms with Gasteiger partial charge in [-0.05, 0) is 43.7 Å². The molecule has 1 N–H and O–H groups in total. The number of nitrogens with zero attached hydrogens (tertiary/aromatic N) is 2. The molecule has 4 heteroatoms. The van der Waals surface area contributed by atoms with Gasteiger partial charge in [-0.1, -0.05) is 29.8 Å². The molecule has 23 heavy (non-hydrogen) atoms. The SMILES string of the molecule is Cc1ccc(C(=O)N[C@H](C)c2ccc(-n3ccnc3)cc2)cc1. The minimum Gasteiger partial charge on any atom is -0.346 e. The van der Waals surface area contributed by atoms with E-state index in [0.717, 1.165) is 16.8 Å². The maximum Gasteiger partial charge on any atom is 0.251 e. The lowest BCUT2D eigenvalue weighted by molar-refractivity contribution is 0.0940. The molecule has 116 valence electrons. The van der Waals surface area contributed by atoms with E-state index < -0.39 is 0 Å². The van der Waals surface area contributed by atoms with Crippen molar-refractivity contribution >= 4 is 5.91 Å². The number of nitrogens with one attached hydrogen (secondary N) is 1. The van der Waals surface area contributed by atoms with Crippen LogP contribution >= 0.6 is 0 Å². The van der Waals surface area contributed by atoms with Crippen molar-refractivity contribution in [3.63, 3.8) is 0 Å². The second-order valence-electron chi connectivity index (χ2n) is 5.62. The third-order valence-corrected chi connectivity index (χ3v) is 3.86. The van der Waals surface area contributed by atoms with Crippen molar-refractivity contribution in [2.75, 3.05) is 0 Å². The Balaban J connectivity index is 1.69. The van der Waals surface area contributed by atoms with Crippen molar-refractivity contribution in [3.05, 3.63) is 83.9 Å². The summed E-state index contributed by atoms with van der Waals surface area (Å²) in [7, 11) is 0. The fourth-order valence-corrected chi connectivity index (χ4v) is 2.42. The van der Waals surface area contributed by atoms with Gasteiger partial charge in [0.25, 0.3) is 5.91 Å². The highest BCUT2D eigenvalue weighted by Crippen LogP contribution is 2.16. The van der Waals surface area contributed by atoms with Crippen molar-refractivity contribution in [1.82, 2.24) is 14.9 Å². The van der Waals surface area contributed by atoms with Gasteiger partial charge in [-0.2, -0.15) is 0 Å². The Morgan fingerprint density at radius 3 is 2.39 bits per heavy atom. The molecule has 3 aromatic rings. The average Bonchev–Trinajstić information content (AvgIpc) is 3.10. The minimum atomic E-state index is -0.0591. The van der Waals surface area contributed by atoms with Gasteiger partial charge in [-0.3, -0.25) is 4.79 Å². The summed E-state index contributed by atoms with van der Waals surface area (Å²) in [4.78, 5) is 16.3. The zero-order valence-corrected chi connectivity index (χ0v) is 13.2. The predicted molar refractivity (Wildman–Crippen MR) is 90.6 cm³/mol. The Kier molecular flexibility index (Phi) is 4.24. The number of imidazole rings is 1. The molecule has 0 aliphatic heterocycles. The van der Waals surface area contributed by atoms with Crippen molar-refractivity contribution in [2.45, 2.75) is 19.9 Å². The van der Waals surface area contributed by atoms with E-state index in [-0.39, 0.29) is 11.9 Å². The Morgan fingerprint density at radius 2 is 1.78 bits per heavy atom. The number of aryl methyl sites for hydroxylation is 1. The molecule has 3 rings (SSSR count). The van der Waals surface area contributed by atoms with E-state index in [0.29, 0.717) is 5.56 Å². The van der Waals surface area contributed by atoms with E-state index in [2.05, 4.69) is 10.3 Å². The monoisotopic (exact) mass is 305 g/mol. The van der Waals surface area contributed by atoms with Crippen molar-refractivity contribution < 1.29 is 4.79 Å². The molecule has 4 nitrogen and oxygen atoms in total. The van der Waals surface area contributed by atoms with E-state index >= 15 is 0 Å². The summed E-state index contributed by atoms with van der Waals surface area (Å²) >= 11 is 0. The molecule has 2 aromatic carbocycles. The molecule has 0 saturated heterocycles. The third kappa shape index (κ3) is 3.48. The number of carbonyl (C=O) groups excluding carboxylic acids is 1. The molecule has 0 spiro atoms. The highest BCUT2D eigenvalue weighted by atomic mass is 16.1. The summed E-state index contributed by atoms with van der Waals surface area (Å²) in [5.41, 5.74) is 3.93. The number of amides is 1. The Morgan fingerprint density at radius 1 is 1.09 bits per heavy atom. The highest BCUT2D eigenvalue weighted by molar-refractivity contribution is 5.94. The van der Waals surface area contributed by atoms with E-state index in [9.17, 15) is 4.79 Å². The molecular weight excluding hydrogens is 286 g/mol. The van der Waals surface area contributed by atoms with Crippen LogP contribution in [-0.4, -0.2) is 15.5 Å². The quantitative estimate of drug-likeness (QED) is 0.799. The first-order valence-electron chi connectivity index (χ1n) is 7.59. The first-order valence-corrected chi connectivity index (χ1v) is 7.59. The smallest absolute Gasteiger partial charge is 0.251 e. The lowest BCUT2D eigenvalue weighted by Crippen LogP contribution is -2.26. The molecule has 0 aliphatic rings. The Bertz CT molecular complexity index is 774. The predicted octanol–water partition coefficient (Wildman–Crippen LogP) is 3.67. The number of rotatable bonds is 4. The van der Waals surface area contributed by atoms with Crippen LogP contribution in [0.2, 0.25) is 0 Å². The molecule has 1 atom stereocenters. The number of carbonyl (C=O) groups is 1. The zero-order chi connectivity index (χ0) is 16.2. The van der Waals surface area contributed by atoms with Crippen LogP contribution in [0.15, 0.2) is 67.3 Å². The van der Waals surface area contributed by atoms with Crippen LogP contribution < -0.4 is 5.32 Å². The van der Waals surface area contributed by atoms with Gasteiger partial charge in [0.1, 0.15) is 0 Å². The second kappa shape index (κ2) is 6.48. The van der Waals surface area contributed by atoms with Gasteiger partial charge >= 0.3 is 0 Å². The normalized spacial score (nSPS) is 11.9. The van der Waals surface area contributed by atoms with E-state index in [1.54, 1.807) is 12.5 Å². The lowest BCUT2D eigenvalue weighted by Gasteiger charge is -2.15. The van der Waals surface area contributed by atoms with Gasteiger partial charge in [0.15, 0.2) is 0 Å². The van der Waals surface area contributed by atoms with Gasteiger partial charge in [-0.15, -0.1) is 0 Å². The topological polar surface area (TPSA) is 46.9 Å². The summed E-state index contributed by atoms with van der Waals surface area (Å²) in [6, 6.07) is 15.6. The van der Waals surface area contributed by atoms with Crippen LogP contribution in [0.3, 0.4) is 0 Å². The molecule has 1 aromatic heterocycles. The fourth-order valence-electron chi connectivity index (χ4n) is 2.42. The van der Waals surface area contributed by atoms with Crippen LogP contribution in [0.4, 0.5) is 0 Å². The van der Waals surface area contributed by atoms with Crippen LogP contribution in [0, 0.1) is 6.92 Å². The number of hydrogen-bond donors (Lipinski definition) is 1. The highest BCUT2D eigenvalue weighted by Gasteiger charge is 2.11. The maximum atomic E-state index is 12.3. The molecule has 0 fully saturated rings. The first kappa shape index (κ1) is 15.0. The number of hydrogen-bond acceptors (Lipinski definition) is 2. The van der Waals surface area contributed by atoms with E-state index in [1.165, 1.54) is 0 Å². The molecule has 0 saturated carbocycles. The molecule has 1 amide bonds.